The average Bonchev–Trinajstić information content (AvgIpc) is 3.05. The molecule has 2 heterocycles. The van der Waals surface area contributed by atoms with Crippen LogP contribution < -0.4 is 5.32 Å². The zero-order valence-corrected chi connectivity index (χ0v) is 12.9. The van der Waals surface area contributed by atoms with E-state index in [1.54, 1.807) is 0 Å². The van der Waals surface area contributed by atoms with E-state index in [1.165, 1.54) is 11.5 Å². The number of carbonyl (C=O) groups excluding carboxylic acids is 1. The van der Waals surface area contributed by atoms with Crippen molar-refractivity contribution in [2.75, 3.05) is 20.1 Å². The highest BCUT2D eigenvalue weighted by Gasteiger charge is 2.24. The third-order valence-electron chi connectivity index (χ3n) is 3.91. The number of hydrogen-bond acceptors (Lipinski definition) is 4. The number of carbonyl (C=O) groups is 1. The molecule has 0 bridgehead atoms. The lowest BCUT2D eigenvalue weighted by molar-refractivity contribution is 0.0703. The Hall–Kier alpha value is -1.72. The van der Waals surface area contributed by atoms with Crippen LogP contribution in [0.25, 0.3) is 11.3 Å². The molecule has 2 aromatic rings. The van der Waals surface area contributed by atoms with Gasteiger partial charge in [-0.25, -0.2) is 0 Å². The number of rotatable bonds is 3. The second kappa shape index (κ2) is 6.37. The van der Waals surface area contributed by atoms with Gasteiger partial charge in [-0.05, 0) is 37.5 Å². The molecule has 21 heavy (non-hydrogen) atoms. The molecule has 1 aromatic carbocycles. The molecule has 1 amide bonds. The first-order valence-corrected chi connectivity index (χ1v) is 8.04. The van der Waals surface area contributed by atoms with Crippen LogP contribution in [-0.4, -0.2) is 41.4 Å². The molecule has 1 aliphatic heterocycles. The summed E-state index contributed by atoms with van der Waals surface area (Å²) in [7, 11) is 1.96. The van der Waals surface area contributed by atoms with Gasteiger partial charge in [0.2, 0.25) is 0 Å². The fraction of sp³-hybridized carbons (Fsp3) is 0.375. The number of piperidine rings is 1. The molecule has 1 unspecified atom stereocenters. The zero-order valence-electron chi connectivity index (χ0n) is 12.1. The maximum Gasteiger partial charge on any atom is 0.265 e. The lowest BCUT2D eigenvalue weighted by atomic mass is 10.1. The quantitative estimate of drug-likeness (QED) is 0.948. The Morgan fingerprint density at radius 2 is 2.19 bits per heavy atom. The molecule has 0 radical (unpaired) electrons. The first-order chi connectivity index (χ1) is 10.3. The summed E-state index contributed by atoms with van der Waals surface area (Å²) in [5.74, 6) is 0.106. The van der Waals surface area contributed by atoms with Crippen molar-refractivity contribution in [1.82, 2.24) is 14.6 Å². The Morgan fingerprint density at radius 3 is 2.95 bits per heavy atom. The Kier molecular flexibility index (Phi) is 4.31. The van der Waals surface area contributed by atoms with Crippen LogP contribution in [0.4, 0.5) is 0 Å². The molecule has 0 aliphatic carbocycles. The van der Waals surface area contributed by atoms with Gasteiger partial charge in [-0.3, -0.25) is 4.79 Å². The van der Waals surface area contributed by atoms with E-state index in [2.05, 4.69) is 9.69 Å². The van der Waals surface area contributed by atoms with E-state index in [0.29, 0.717) is 6.04 Å². The van der Waals surface area contributed by atoms with Gasteiger partial charge >= 0.3 is 0 Å². The maximum absolute atomic E-state index is 12.6. The van der Waals surface area contributed by atoms with E-state index in [4.69, 9.17) is 0 Å². The van der Waals surface area contributed by atoms with Gasteiger partial charge in [0.05, 0.1) is 5.69 Å². The summed E-state index contributed by atoms with van der Waals surface area (Å²) in [6.07, 6.45) is 2.19. The van der Waals surface area contributed by atoms with Crippen LogP contribution in [0.1, 0.15) is 22.5 Å². The Morgan fingerprint density at radius 1 is 1.38 bits per heavy atom. The lowest BCUT2D eigenvalue weighted by Gasteiger charge is -2.32. The molecule has 0 spiro atoms. The molecule has 1 N–H and O–H groups in total. The third kappa shape index (κ3) is 3.14. The Bertz CT molecular complexity index is 611. The molecular formula is C16H19N3OS. The van der Waals surface area contributed by atoms with Crippen molar-refractivity contribution in [3.8, 4) is 11.3 Å². The van der Waals surface area contributed by atoms with Crippen molar-refractivity contribution in [3.63, 3.8) is 0 Å². The second-order valence-corrected chi connectivity index (χ2v) is 6.13. The van der Waals surface area contributed by atoms with Crippen molar-refractivity contribution in [1.29, 1.82) is 0 Å². The monoisotopic (exact) mass is 301 g/mol. The van der Waals surface area contributed by atoms with Gasteiger partial charge in [0.1, 0.15) is 4.88 Å². The van der Waals surface area contributed by atoms with E-state index >= 15 is 0 Å². The largest absolute Gasteiger partial charge is 0.336 e. The van der Waals surface area contributed by atoms with Crippen LogP contribution in [-0.2, 0) is 0 Å². The number of hydrogen-bond donors (Lipinski definition) is 1. The normalized spacial score (nSPS) is 18.7. The average molecular weight is 301 g/mol. The van der Waals surface area contributed by atoms with Gasteiger partial charge in [0.25, 0.3) is 5.91 Å². The molecule has 1 fully saturated rings. The summed E-state index contributed by atoms with van der Waals surface area (Å²) in [5.41, 5.74) is 1.94. The van der Waals surface area contributed by atoms with E-state index in [-0.39, 0.29) is 5.91 Å². The second-order valence-electron chi connectivity index (χ2n) is 5.32. The fourth-order valence-electron chi connectivity index (χ4n) is 2.67. The van der Waals surface area contributed by atoms with Crippen LogP contribution in [0.5, 0.6) is 0 Å². The minimum Gasteiger partial charge on any atom is -0.336 e. The van der Waals surface area contributed by atoms with Crippen molar-refractivity contribution in [3.05, 3.63) is 41.3 Å². The highest BCUT2D eigenvalue weighted by molar-refractivity contribution is 7.08. The summed E-state index contributed by atoms with van der Waals surface area (Å²) in [4.78, 5) is 15.2. The number of benzene rings is 1. The zero-order chi connectivity index (χ0) is 14.7. The molecule has 1 aliphatic rings. The van der Waals surface area contributed by atoms with Gasteiger partial charge < -0.3 is 10.2 Å². The van der Waals surface area contributed by atoms with Gasteiger partial charge in [-0.15, -0.1) is 0 Å². The predicted molar refractivity (Wildman–Crippen MR) is 85.5 cm³/mol. The van der Waals surface area contributed by atoms with E-state index in [1.807, 2.05) is 48.3 Å². The maximum atomic E-state index is 12.6. The van der Waals surface area contributed by atoms with Crippen molar-refractivity contribution in [2.24, 2.45) is 0 Å². The lowest BCUT2D eigenvalue weighted by Crippen LogP contribution is -2.46. The van der Waals surface area contributed by atoms with Crippen LogP contribution in [0.3, 0.4) is 0 Å². The highest BCUT2D eigenvalue weighted by atomic mass is 32.1. The molecular weight excluding hydrogens is 282 g/mol. The molecule has 1 aromatic heterocycles. The van der Waals surface area contributed by atoms with E-state index in [0.717, 1.165) is 42.1 Å². The number of nitrogens with one attached hydrogen (secondary N) is 1. The SMILES string of the molecule is CNC1CCCN(C(=O)c2cc(-c3ccccc3)ns2)C1. The van der Waals surface area contributed by atoms with Crippen molar-refractivity contribution >= 4 is 17.4 Å². The Balaban J connectivity index is 1.75. The summed E-state index contributed by atoms with van der Waals surface area (Å²) >= 11 is 1.29. The number of nitrogens with zero attached hydrogens (tertiary/aromatic N) is 2. The smallest absolute Gasteiger partial charge is 0.265 e. The topological polar surface area (TPSA) is 45.2 Å². The Labute approximate surface area is 129 Å². The first-order valence-electron chi connectivity index (χ1n) is 7.26. The molecule has 0 saturated carbocycles. The number of amides is 1. The highest BCUT2D eigenvalue weighted by Crippen LogP contribution is 2.23. The number of aromatic nitrogens is 1. The fourth-order valence-corrected chi connectivity index (χ4v) is 3.40. The summed E-state index contributed by atoms with van der Waals surface area (Å²) in [5, 5.41) is 3.27. The van der Waals surface area contributed by atoms with Crippen LogP contribution in [0.15, 0.2) is 36.4 Å². The molecule has 1 atom stereocenters. The molecule has 1 saturated heterocycles. The van der Waals surface area contributed by atoms with Crippen molar-refractivity contribution < 1.29 is 4.79 Å². The minimum atomic E-state index is 0.106. The molecule has 110 valence electrons. The van der Waals surface area contributed by atoms with Gasteiger partial charge in [0.15, 0.2) is 0 Å². The van der Waals surface area contributed by atoms with Crippen LogP contribution >= 0.6 is 11.5 Å². The third-order valence-corrected chi connectivity index (χ3v) is 4.68. The van der Waals surface area contributed by atoms with E-state index < -0.39 is 0 Å². The predicted octanol–water partition coefficient (Wildman–Crippen LogP) is 2.63. The number of likely N-dealkylation sites (N-methyl/N-ethyl adjacent to an activating group) is 1. The summed E-state index contributed by atoms with van der Waals surface area (Å²) in [6, 6.07) is 12.3. The number of likely N-dealkylation sites (tertiary alicyclic amines) is 1. The van der Waals surface area contributed by atoms with Gasteiger partial charge in [-0.2, -0.15) is 4.37 Å². The molecule has 5 heteroatoms. The first kappa shape index (κ1) is 14.2. The molecule has 3 rings (SSSR count). The van der Waals surface area contributed by atoms with Gasteiger partial charge in [0, 0.05) is 24.7 Å². The minimum absolute atomic E-state index is 0.106. The summed E-state index contributed by atoms with van der Waals surface area (Å²) < 4.78 is 4.42. The van der Waals surface area contributed by atoms with Crippen LogP contribution in [0, 0.1) is 0 Å². The van der Waals surface area contributed by atoms with Crippen LogP contribution in [0.2, 0.25) is 0 Å². The van der Waals surface area contributed by atoms with Gasteiger partial charge in [-0.1, -0.05) is 30.3 Å². The van der Waals surface area contributed by atoms with E-state index in [9.17, 15) is 4.79 Å². The summed E-state index contributed by atoms with van der Waals surface area (Å²) in [6.45, 7) is 1.63. The standard InChI is InChI=1S/C16H19N3OS/c1-17-13-8-5-9-19(11-13)16(20)15-10-14(18-21-15)12-6-3-2-4-7-12/h2-4,6-7,10,13,17H,5,8-9,11H2,1H3. The van der Waals surface area contributed by atoms with Crippen molar-refractivity contribution in [2.45, 2.75) is 18.9 Å². The molecule has 4 nitrogen and oxygen atoms in total.